The summed E-state index contributed by atoms with van der Waals surface area (Å²) in [6.07, 6.45) is 3.38. The zero-order valence-corrected chi connectivity index (χ0v) is 14.4. The first kappa shape index (κ1) is 17.4. The third-order valence-electron chi connectivity index (χ3n) is 3.76. The van der Waals surface area contributed by atoms with Gasteiger partial charge in [-0.3, -0.25) is 9.78 Å². The van der Waals surface area contributed by atoms with Gasteiger partial charge in [0.05, 0.1) is 5.71 Å². The molecular weight excluding hydrogens is 326 g/mol. The number of hydrazone groups is 1. The average Bonchev–Trinajstić information content (AvgIpc) is 2.72. The highest BCUT2D eigenvalue weighted by Crippen LogP contribution is 2.29. The molecule has 0 aliphatic carbocycles. The summed E-state index contributed by atoms with van der Waals surface area (Å²) >= 11 is 0. The molecule has 5 nitrogen and oxygen atoms in total. The molecule has 3 aromatic rings. The summed E-state index contributed by atoms with van der Waals surface area (Å²) in [7, 11) is 0. The second-order valence-corrected chi connectivity index (χ2v) is 5.62. The van der Waals surface area contributed by atoms with Crippen LogP contribution in [0.15, 0.2) is 84.2 Å². The average molecular weight is 345 g/mol. The Kier molecular flexibility index (Phi) is 5.72. The standard InChI is InChI=1S/C21H19N3O2/c1-16(18-10-7-13-22-14-18)23-24-21(25)15-26-20-12-6-5-11-19(20)17-8-3-2-4-9-17/h2-14H,15H2,1H3,(H,24,25)/b23-16-. The Morgan fingerprint density at radius 2 is 1.81 bits per heavy atom. The van der Waals surface area contributed by atoms with E-state index in [4.69, 9.17) is 4.74 Å². The molecular formula is C21H19N3O2. The van der Waals surface area contributed by atoms with Crippen LogP contribution in [-0.2, 0) is 4.79 Å². The molecule has 0 atom stereocenters. The van der Waals surface area contributed by atoms with Crippen molar-refractivity contribution < 1.29 is 9.53 Å². The highest BCUT2D eigenvalue weighted by atomic mass is 16.5. The maximum absolute atomic E-state index is 12.0. The van der Waals surface area contributed by atoms with Gasteiger partial charge in [-0.2, -0.15) is 5.10 Å². The number of nitrogens with one attached hydrogen (secondary N) is 1. The summed E-state index contributed by atoms with van der Waals surface area (Å²) < 4.78 is 5.70. The number of benzene rings is 2. The Balaban J connectivity index is 1.62. The van der Waals surface area contributed by atoms with Gasteiger partial charge in [-0.1, -0.05) is 54.6 Å². The number of nitrogens with zero attached hydrogens (tertiary/aromatic N) is 2. The number of ether oxygens (including phenoxy) is 1. The third kappa shape index (κ3) is 4.54. The second-order valence-electron chi connectivity index (χ2n) is 5.62. The molecule has 130 valence electrons. The van der Waals surface area contributed by atoms with Crippen molar-refractivity contribution in [3.8, 4) is 16.9 Å². The van der Waals surface area contributed by atoms with Crippen LogP contribution in [0.1, 0.15) is 12.5 Å². The minimum Gasteiger partial charge on any atom is -0.483 e. The van der Waals surface area contributed by atoms with Crippen molar-refractivity contribution in [2.24, 2.45) is 5.10 Å². The summed E-state index contributed by atoms with van der Waals surface area (Å²) in [5.74, 6) is 0.331. The molecule has 0 spiro atoms. The van der Waals surface area contributed by atoms with Crippen molar-refractivity contribution >= 4 is 11.6 Å². The normalized spacial score (nSPS) is 11.0. The number of hydrogen-bond donors (Lipinski definition) is 1. The lowest BCUT2D eigenvalue weighted by molar-refractivity contribution is -0.123. The van der Waals surface area contributed by atoms with Gasteiger partial charge < -0.3 is 4.74 Å². The maximum Gasteiger partial charge on any atom is 0.277 e. The first-order valence-electron chi connectivity index (χ1n) is 8.25. The first-order valence-corrected chi connectivity index (χ1v) is 8.25. The van der Waals surface area contributed by atoms with Crippen LogP contribution in [0.3, 0.4) is 0 Å². The van der Waals surface area contributed by atoms with Gasteiger partial charge in [0.1, 0.15) is 5.75 Å². The topological polar surface area (TPSA) is 63.6 Å². The fraction of sp³-hybridized carbons (Fsp3) is 0.0952. The zero-order valence-electron chi connectivity index (χ0n) is 14.4. The molecule has 26 heavy (non-hydrogen) atoms. The van der Waals surface area contributed by atoms with E-state index in [2.05, 4.69) is 15.5 Å². The molecule has 0 aliphatic rings. The number of carbonyl (C=O) groups excluding carboxylic acids is 1. The van der Waals surface area contributed by atoms with Gasteiger partial charge in [0.15, 0.2) is 6.61 Å². The molecule has 0 unspecified atom stereocenters. The lowest BCUT2D eigenvalue weighted by Crippen LogP contribution is -2.25. The van der Waals surface area contributed by atoms with E-state index in [1.807, 2.05) is 73.7 Å². The lowest BCUT2D eigenvalue weighted by atomic mass is 10.1. The Morgan fingerprint density at radius 3 is 2.58 bits per heavy atom. The van der Waals surface area contributed by atoms with E-state index >= 15 is 0 Å². The van der Waals surface area contributed by atoms with E-state index in [1.54, 1.807) is 12.4 Å². The Bertz CT molecular complexity index is 893. The van der Waals surface area contributed by atoms with Crippen molar-refractivity contribution in [2.75, 3.05) is 6.61 Å². The molecule has 1 heterocycles. The van der Waals surface area contributed by atoms with Crippen LogP contribution in [0, 0.1) is 0 Å². The monoisotopic (exact) mass is 345 g/mol. The molecule has 5 heteroatoms. The molecule has 0 bridgehead atoms. The van der Waals surface area contributed by atoms with Gasteiger partial charge >= 0.3 is 0 Å². The molecule has 1 amide bonds. The largest absolute Gasteiger partial charge is 0.483 e. The van der Waals surface area contributed by atoms with Crippen molar-refractivity contribution in [1.29, 1.82) is 0 Å². The number of hydrogen-bond acceptors (Lipinski definition) is 4. The quantitative estimate of drug-likeness (QED) is 0.548. The minimum absolute atomic E-state index is 0.117. The smallest absolute Gasteiger partial charge is 0.277 e. The number of para-hydroxylation sites is 1. The number of carbonyl (C=O) groups is 1. The molecule has 1 N–H and O–H groups in total. The molecule has 0 aliphatic heterocycles. The van der Waals surface area contributed by atoms with E-state index in [0.29, 0.717) is 11.5 Å². The van der Waals surface area contributed by atoms with Crippen molar-refractivity contribution in [2.45, 2.75) is 6.92 Å². The van der Waals surface area contributed by atoms with Gasteiger partial charge in [0.2, 0.25) is 0 Å². The SMILES string of the molecule is C/C(=N/NC(=O)COc1ccccc1-c1ccccc1)c1cccnc1. The number of pyridine rings is 1. The third-order valence-corrected chi connectivity index (χ3v) is 3.76. The summed E-state index contributed by atoms with van der Waals surface area (Å²) in [4.78, 5) is 16.1. The van der Waals surface area contributed by atoms with Crippen LogP contribution < -0.4 is 10.2 Å². The van der Waals surface area contributed by atoms with Crippen molar-refractivity contribution in [3.05, 3.63) is 84.7 Å². The lowest BCUT2D eigenvalue weighted by Gasteiger charge is -2.11. The van der Waals surface area contributed by atoms with Gasteiger partial charge in [-0.25, -0.2) is 5.43 Å². The van der Waals surface area contributed by atoms with Crippen LogP contribution in [0.5, 0.6) is 5.75 Å². The predicted molar refractivity (Wildman–Crippen MR) is 102 cm³/mol. The van der Waals surface area contributed by atoms with Gasteiger partial charge in [-0.15, -0.1) is 0 Å². The predicted octanol–water partition coefficient (Wildman–Crippen LogP) is 3.67. The first-order chi connectivity index (χ1) is 12.7. The number of aromatic nitrogens is 1. The molecule has 2 aromatic carbocycles. The van der Waals surface area contributed by atoms with E-state index in [1.165, 1.54) is 0 Å². The molecule has 0 radical (unpaired) electrons. The summed E-state index contributed by atoms with van der Waals surface area (Å²) in [5.41, 5.74) is 6.01. The van der Waals surface area contributed by atoms with E-state index in [0.717, 1.165) is 16.7 Å². The van der Waals surface area contributed by atoms with E-state index in [9.17, 15) is 4.79 Å². The summed E-state index contributed by atoms with van der Waals surface area (Å²) in [6.45, 7) is 1.69. The fourth-order valence-corrected chi connectivity index (χ4v) is 2.41. The highest BCUT2D eigenvalue weighted by molar-refractivity contribution is 5.98. The van der Waals surface area contributed by atoms with E-state index < -0.39 is 0 Å². The second kappa shape index (κ2) is 8.58. The van der Waals surface area contributed by atoms with Crippen LogP contribution >= 0.6 is 0 Å². The Labute approximate surface area is 152 Å². The van der Waals surface area contributed by atoms with Crippen molar-refractivity contribution in [1.82, 2.24) is 10.4 Å². The van der Waals surface area contributed by atoms with Gasteiger partial charge in [0.25, 0.3) is 5.91 Å². The number of amides is 1. The van der Waals surface area contributed by atoms with Crippen LogP contribution in [0.25, 0.3) is 11.1 Å². The molecule has 1 aromatic heterocycles. The molecule has 3 rings (SSSR count). The van der Waals surface area contributed by atoms with Crippen LogP contribution in [-0.4, -0.2) is 23.2 Å². The molecule has 0 fully saturated rings. The Morgan fingerprint density at radius 1 is 1.04 bits per heavy atom. The van der Waals surface area contributed by atoms with Gasteiger partial charge in [-0.05, 0) is 24.6 Å². The van der Waals surface area contributed by atoms with Crippen LogP contribution in [0.2, 0.25) is 0 Å². The Hall–Kier alpha value is -3.47. The highest BCUT2D eigenvalue weighted by Gasteiger charge is 2.08. The molecule has 0 saturated carbocycles. The zero-order chi connectivity index (χ0) is 18.2. The minimum atomic E-state index is -0.323. The van der Waals surface area contributed by atoms with E-state index in [-0.39, 0.29) is 12.5 Å². The van der Waals surface area contributed by atoms with Crippen molar-refractivity contribution in [3.63, 3.8) is 0 Å². The molecule has 0 saturated heterocycles. The summed E-state index contributed by atoms with van der Waals surface area (Å²) in [6, 6.07) is 21.2. The maximum atomic E-state index is 12.0. The summed E-state index contributed by atoms with van der Waals surface area (Å²) in [5, 5.41) is 4.08. The fourth-order valence-electron chi connectivity index (χ4n) is 2.41. The van der Waals surface area contributed by atoms with Gasteiger partial charge in [0, 0.05) is 23.5 Å². The number of rotatable bonds is 6. The van der Waals surface area contributed by atoms with Crippen LogP contribution in [0.4, 0.5) is 0 Å².